The third kappa shape index (κ3) is 2.79. The molecule has 2 rings (SSSR count). The van der Waals surface area contributed by atoms with Crippen LogP contribution in [0, 0.1) is 15.9 Å². The number of H-pyrrole nitrogens is 1. The zero-order valence-corrected chi connectivity index (χ0v) is 10.5. The predicted octanol–water partition coefficient (Wildman–Crippen LogP) is 1.73. The second-order valence-electron chi connectivity index (χ2n) is 4.19. The molecule has 0 bridgehead atoms. The van der Waals surface area contributed by atoms with Gasteiger partial charge in [-0.1, -0.05) is 0 Å². The summed E-state index contributed by atoms with van der Waals surface area (Å²) in [5.41, 5.74) is 0.133. The summed E-state index contributed by atoms with van der Waals surface area (Å²) in [6.07, 6.45) is 3.20. The molecule has 0 aliphatic heterocycles. The highest BCUT2D eigenvalue weighted by Gasteiger charge is 2.19. The largest absolute Gasteiger partial charge is 0.337 e. The number of aromatic amines is 1. The smallest absolute Gasteiger partial charge is 0.305 e. The number of aromatic nitrogens is 2. The third-order valence-electron chi connectivity index (χ3n) is 2.71. The van der Waals surface area contributed by atoms with Crippen molar-refractivity contribution in [3.63, 3.8) is 0 Å². The first-order valence-corrected chi connectivity index (χ1v) is 5.66. The van der Waals surface area contributed by atoms with E-state index in [1.807, 2.05) is 0 Å². The van der Waals surface area contributed by atoms with Gasteiger partial charge in [0.2, 0.25) is 5.82 Å². The van der Waals surface area contributed by atoms with Crippen molar-refractivity contribution in [3.8, 4) is 0 Å². The minimum Gasteiger partial charge on any atom is -0.337 e. The Labute approximate surface area is 113 Å². The lowest BCUT2D eigenvalue weighted by Crippen LogP contribution is -2.26. The summed E-state index contributed by atoms with van der Waals surface area (Å²) in [5, 5.41) is 17.0. The van der Waals surface area contributed by atoms with Gasteiger partial charge in [0.15, 0.2) is 0 Å². The molecule has 1 heterocycles. The molecule has 0 atom stereocenters. The topological polar surface area (TPSA) is 92.1 Å². The summed E-state index contributed by atoms with van der Waals surface area (Å²) >= 11 is 0. The number of hydrogen-bond donors (Lipinski definition) is 1. The van der Waals surface area contributed by atoms with Crippen molar-refractivity contribution in [2.45, 2.75) is 6.54 Å². The van der Waals surface area contributed by atoms with Gasteiger partial charge in [0, 0.05) is 37.0 Å². The summed E-state index contributed by atoms with van der Waals surface area (Å²) in [6.45, 7) is 0.292. The first-order chi connectivity index (χ1) is 9.49. The molecule has 104 valence electrons. The van der Waals surface area contributed by atoms with E-state index in [1.54, 1.807) is 19.4 Å². The summed E-state index contributed by atoms with van der Waals surface area (Å²) in [5.74, 6) is -1.40. The Hall–Kier alpha value is -2.77. The van der Waals surface area contributed by atoms with Gasteiger partial charge in [0.1, 0.15) is 0 Å². The van der Waals surface area contributed by atoms with Crippen molar-refractivity contribution in [2.75, 3.05) is 7.05 Å². The van der Waals surface area contributed by atoms with Gasteiger partial charge in [-0.05, 0) is 12.1 Å². The normalized spacial score (nSPS) is 10.3. The lowest BCUT2D eigenvalue weighted by atomic mass is 10.1. The standard InChI is InChI=1S/C12H11FN4O3/c1-16(7-8-5-14-15-6-8)12(18)9-2-3-10(13)11(4-9)17(19)20/h2-6H,7H2,1H3,(H,14,15). The number of nitro groups is 1. The number of hydrogen-bond acceptors (Lipinski definition) is 4. The maximum absolute atomic E-state index is 13.2. The van der Waals surface area contributed by atoms with Crippen molar-refractivity contribution >= 4 is 11.6 Å². The van der Waals surface area contributed by atoms with E-state index >= 15 is 0 Å². The maximum atomic E-state index is 13.2. The number of carbonyl (C=O) groups excluding carboxylic acids is 1. The number of rotatable bonds is 4. The number of nitrogens with zero attached hydrogens (tertiary/aromatic N) is 3. The van der Waals surface area contributed by atoms with Gasteiger partial charge < -0.3 is 4.90 Å². The fraction of sp³-hybridized carbons (Fsp3) is 0.167. The average molecular weight is 278 g/mol. The monoisotopic (exact) mass is 278 g/mol. The van der Waals surface area contributed by atoms with Crippen LogP contribution in [0.1, 0.15) is 15.9 Å². The van der Waals surface area contributed by atoms with Crippen molar-refractivity contribution in [2.24, 2.45) is 0 Å². The first-order valence-electron chi connectivity index (χ1n) is 5.66. The third-order valence-corrected chi connectivity index (χ3v) is 2.71. The lowest BCUT2D eigenvalue weighted by Gasteiger charge is -2.16. The van der Waals surface area contributed by atoms with Crippen LogP contribution in [-0.4, -0.2) is 33.0 Å². The van der Waals surface area contributed by atoms with Gasteiger partial charge in [-0.2, -0.15) is 9.49 Å². The van der Waals surface area contributed by atoms with Crippen LogP contribution in [0.4, 0.5) is 10.1 Å². The number of amides is 1. The zero-order chi connectivity index (χ0) is 14.7. The van der Waals surface area contributed by atoms with Crippen LogP contribution in [0.5, 0.6) is 0 Å². The molecule has 2 aromatic rings. The molecule has 7 nitrogen and oxygen atoms in total. The molecule has 0 aliphatic rings. The number of nitrogens with one attached hydrogen (secondary N) is 1. The van der Waals surface area contributed by atoms with E-state index < -0.39 is 22.3 Å². The van der Waals surface area contributed by atoms with E-state index in [1.165, 1.54) is 11.0 Å². The Kier molecular flexibility index (Phi) is 3.74. The summed E-state index contributed by atoms with van der Waals surface area (Å²) in [7, 11) is 1.55. The molecule has 0 fully saturated rings. The van der Waals surface area contributed by atoms with Crippen LogP contribution >= 0.6 is 0 Å². The molecule has 0 spiro atoms. The van der Waals surface area contributed by atoms with E-state index in [0.717, 1.165) is 17.7 Å². The second kappa shape index (κ2) is 5.47. The molecule has 20 heavy (non-hydrogen) atoms. The van der Waals surface area contributed by atoms with Crippen molar-refractivity contribution in [1.29, 1.82) is 0 Å². The molecule has 1 amide bonds. The maximum Gasteiger partial charge on any atom is 0.305 e. The van der Waals surface area contributed by atoms with Crippen LogP contribution < -0.4 is 0 Å². The van der Waals surface area contributed by atoms with Crippen LogP contribution in [0.2, 0.25) is 0 Å². The highest BCUT2D eigenvalue weighted by molar-refractivity contribution is 5.94. The summed E-state index contributed by atoms with van der Waals surface area (Å²) in [6, 6.07) is 3.07. The number of carbonyl (C=O) groups is 1. The minimum absolute atomic E-state index is 0.0593. The van der Waals surface area contributed by atoms with Gasteiger partial charge in [0.05, 0.1) is 11.1 Å². The van der Waals surface area contributed by atoms with Gasteiger partial charge in [-0.25, -0.2) is 0 Å². The van der Waals surface area contributed by atoms with Crippen LogP contribution in [-0.2, 0) is 6.54 Å². The highest BCUT2D eigenvalue weighted by atomic mass is 19.1. The first kappa shape index (κ1) is 13.7. The fourth-order valence-electron chi connectivity index (χ4n) is 1.72. The molecule has 1 N–H and O–H groups in total. The molecule has 1 aromatic carbocycles. The van der Waals surface area contributed by atoms with E-state index in [2.05, 4.69) is 10.2 Å². The van der Waals surface area contributed by atoms with Crippen molar-refractivity contribution < 1.29 is 14.1 Å². The number of benzene rings is 1. The zero-order valence-electron chi connectivity index (χ0n) is 10.5. The van der Waals surface area contributed by atoms with E-state index in [-0.39, 0.29) is 5.56 Å². The minimum atomic E-state index is -0.968. The number of nitro benzene ring substituents is 1. The quantitative estimate of drug-likeness (QED) is 0.681. The summed E-state index contributed by atoms with van der Waals surface area (Å²) in [4.78, 5) is 23.3. The van der Waals surface area contributed by atoms with Crippen LogP contribution in [0.3, 0.4) is 0 Å². The van der Waals surface area contributed by atoms with Gasteiger partial charge >= 0.3 is 5.69 Å². The van der Waals surface area contributed by atoms with Gasteiger partial charge in [-0.3, -0.25) is 20.0 Å². The molecule has 8 heteroatoms. The van der Waals surface area contributed by atoms with Gasteiger partial charge in [-0.15, -0.1) is 0 Å². The molecular weight excluding hydrogens is 267 g/mol. The van der Waals surface area contributed by atoms with Gasteiger partial charge in [0.25, 0.3) is 5.91 Å². The average Bonchev–Trinajstić information content (AvgIpc) is 2.91. The number of halogens is 1. The second-order valence-corrected chi connectivity index (χ2v) is 4.19. The van der Waals surface area contributed by atoms with Crippen LogP contribution in [0.25, 0.3) is 0 Å². The fourth-order valence-corrected chi connectivity index (χ4v) is 1.72. The van der Waals surface area contributed by atoms with E-state index in [9.17, 15) is 19.3 Å². The van der Waals surface area contributed by atoms with Crippen molar-refractivity contribution in [3.05, 3.63) is 57.7 Å². The Morgan fingerprint density at radius 2 is 2.30 bits per heavy atom. The van der Waals surface area contributed by atoms with Crippen LogP contribution in [0.15, 0.2) is 30.6 Å². The molecule has 0 aliphatic carbocycles. The predicted molar refractivity (Wildman–Crippen MR) is 67.4 cm³/mol. The highest BCUT2D eigenvalue weighted by Crippen LogP contribution is 2.19. The molecule has 1 aromatic heterocycles. The molecular formula is C12H11FN4O3. The Morgan fingerprint density at radius 1 is 1.55 bits per heavy atom. The molecule has 0 unspecified atom stereocenters. The SMILES string of the molecule is CN(Cc1cn[nH]c1)C(=O)c1ccc(F)c([N+](=O)[O-])c1. The molecule has 0 radical (unpaired) electrons. The summed E-state index contributed by atoms with van der Waals surface area (Å²) < 4.78 is 13.2. The van der Waals surface area contributed by atoms with Crippen molar-refractivity contribution in [1.82, 2.24) is 15.1 Å². The van der Waals surface area contributed by atoms with E-state index in [0.29, 0.717) is 6.54 Å². The lowest BCUT2D eigenvalue weighted by molar-refractivity contribution is -0.387. The Bertz CT molecular complexity index is 642. The Balaban J connectivity index is 2.20. The molecule has 0 saturated heterocycles. The Morgan fingerprint density at radius 3 is 2.90 bits per heavy atom. The molecule has 0 saturated carbocycles. The van der Waals surface area contributed by atoms with E-state index in [4.69, 9.17) is 0 Å².